The number of aryl methyl sites for hydroxylation is 1. The highest BCUT2D eigenvalue weighted by Gasteiger charge is 2.40. The highest BCUT2D eigenvalue weighted by Crippen LogP contribution is 2.42. The molecule has 2 atom stereocenters. The fourth-order valence-electron chi connectivity index (χ4n) is 4.78. The van der Waals surface area contributed by atoms with Crippen LogP contribution in [-0.2, 0) is 30.7 Å². The van der Waals surface area contributed by atoms with E-state index in [-0.39, 0.29) is 23.6 Å². The first-order valence-corrected chi connectivity index (χ1v) is 16.0. The van der Waals surface area contributed by atoms with Gasteiger partial charge in [0.1, 0.15) is 6.10 Å². The molecule has 0 spiro atoms. The minimum Gasteiger partial charge on any atom is -0.453 e. The van der Waals surface area contributed by atoms with Crippen molar-refractivity contribution in [2.45, 2.75) is 50.8 Å². The molecule has 0 bridgehead atoms. The number of amides is 3. The second-order valence-electron chi connectivity index (χ2n) is 9.99. The Morgan fingerprint density at radius 2 is 2.00 bits per heavy atom. The lowest BCUT2D eigenvalue weighted by Crippen LogP contribution is -2.50. The lowest BCUT2D eigenvalue weighted by molar-refractivity contribution is -0.148. The minimum absolute atomic E-state index is 0.0334. The minimum atomic E-state index is -3.76. The molecule has 1 saturated heterocycles. The number of rotatable bonds is 11. The Hall–Kier alpha value is -3.00. The van der Waals surface area contributed by atoms with Crippen LogP contribution in [0.5, 0.6) is 0 Å². The van der Waals surface area contributed by atoms with E-state index in [1.807, 2.05) is 11.8 Å². The third-order valence-electron chi connectivity index (χ3n) is 6.83. The van der Waals surface area contributed by atoms with Gasteiger partial charge in [0.15, 0.2) is 0 Å². The van der Waals surface area contributed by atoms with Gasteiger partial charge in [-0.1, -0.05) is 18.2 Å². The van der Waals surface area contributed by atoms with Gasteiger partial charge in [0.25, 0.3) is 11.8 Å². The zero-order valence-corrected chi connectivity index (χ0v) is 24.5. The van der Waals surface area contributed by atoms with Gasteiger partial charge in [-0.15, -0.1) is 11.3 Å². The number of morpholine rings is 1. The molecule has 1 aromatic carbocycles. The molecule has 2 fully saturated rings. The molecule has 40 heavy (non-hydrogen) atoms. The summed E-state index contributed by atoms with van der Waals surface area (Å²) in [6, 6.07) is 8.84. The number of nitrogens with one attached hydrogen (secondary N) is 3. The Morgan fingerprint density at radius 3 is 2.65 bits per heavy atom. The van der Waals surface area contributed by atoms with Crippen LogP contribution >= 0.6 is 11.3 Å². The highest BCUT2D eigenvalue weighted by molar-refractivity contribution is 7.89. The van der Waals surface area contributed by atoms with Crippen LogP contribution < -0.4 is 15.4 Å². The summed E-state index contributed by atoms with van der Waals surface area (Å²) in [5.74, 6) is -0.745. The summed E-state index contributed by atoms with van der Waals surface area (Å²) in [5, 5.41) is 5.91. The van der Waals surface area contributed by atoms with Crippen LogP contribution in [0.15, 0.2) is 30.3 Å². The zero-order valence-electron chi connectivity index (χ0n) is 22.9. The fraction of sp³-hybridized carbons (Fsp3) is 0.519. The van der Waals surface area contributed by atoms with Gasteiger partial charge in [-0.05, 0) is 50.3 Å². The number of hydrogen-bond donors (Lipinski definition) is 3. The number of benzene rings is 1. The van der Waals surface area contributed by atoms with Crippen molar-refractivity contribution >= 4 is 39.3 Å². The topological polar surface area (TPSA) is 143 Å². The Morgan fingerprint density at radius 1 is 1.25 bits per heavy atom. The van der Waals surface area contributed by atoms with E-state index in [0.717, 1.165) is 41.0 Å². The van der Waals surface area contributed by atoms with E-state index in [1.54, 1.807) is 24.3 Å². The van der Waals surface area contributed by atoms with E-state index in [4.69, 9.17) is 4.74 Å². The van der Waals surface area contributed by atoms with Gasteiger partial charge >= 0.3 is 6.09 Å². The number of sulfonamides is 1. The van der Waals surface area contributed by atoms with Crippen LogP contribution in [-0.4, -0.2) is 83.0 Å². The number of thiophene rings is 1. The third-order valence-corrected chi connectivity index (χ3v) is 8.76. The standard InChI is InChI=1S/C27H36N4O7S2/c1-17(31(19-10-11-19)26(33)22-16-28-13-14-38-22)23-15-18(7-6-12-29-27(34)37-2)24(39-23)20-8-4-5-9-21(20)25(32)30-40(3,35)36/h4-5,8-9,15,17,19,22,28H,6-7,10-14,16H2,1-3H3,(H,29,34)(H,30,32)/t17-,22-/m1/s1. The Kier molecular flexibility index (Phi) is 9.82. The van der Waals surface area contributed by atoms with Crippen LogP contribution in [0.25, 0.3) is 10.4 Å². The number of alkyl carbamates (subject to hydrolysis) is 1. The van der Waals surface area contributed by atoms with Crippen molar-refractivity contribution in [3.05, 3.63) is 46.3 Å². The SMILES string of the molecule is COC(=O)NCCCc1cc([C@@H](C)N(C(=O)[C@H]2CNCCO2)C2CC2)sc1-c1ccccc1C(=O)NS(C)(=O)=O. The van der Waals surface area contributed by atoms with Gasteiger partial charge in [-0.2, -0.15) is 0 Å². The molecule has 0 unspecified atom stereocenters. The summed E-state index contributed by atoms with van der Waals surface area (Å²) >= 11 is 1.48. The fourth-order valence-corrected chi connectivity index (χ4v) is 6.53. The van der Waals surface area contributed by atoms with E-state index < -0.39 is 28.1 Å². The number of nitrogens with zero attached hydrogens (tertiary/aromatic N) is 1. The molecular formula is C27H36N4O7S2. The third kappa shape index (κ3) is 7.59. The second kappa shape index (κ2) is 13.1. The molecular weight excluding hydrogens is 556 g/mol. The lowest BCUT2D eigenvalue weighted by Gasteiger charge is -2.33. The van der Waals surface area contributed by atoms with Crippen LogP contribution in [0, 0.1) is 0 Å². The number of ether oxygens (including phenoxy) is 2. The summed E-state index contributed by atoms with van der Waals surface area (Å²) in [7, 11) is -2.46. The maximum absolute atomic E-state index is 13.5. The van der Waals surface area contributed by atoms with Crippen LogP contribution in [0.1, 0.15) is 53.0 Å². The van der Waals surface area contributed by atoms with Crippen molar-refractivity contribution in [2.75, 3.05) is 39.6 Å². The molecule has 3 N–H and O–H groups in total. The highest BCUT2D eigenvalue weighted by atomic mass is 32.2. The van der Waals surface area contributed by atoms with Crippen molar-refractivity contribution in [2.24, 2.45) is 0 Å². The molecule has 1 aromatic heterocycles. The van der Waals surface area contributed by atoms with E-state index in [2.05, 4.69) is 26.2 Å². The first kappa shape index (κ1) is 30.0. The number of carbonyl (C=O) groups excluding carboxylic acids is 3. The summed E-state index contributed by atoms with van der Waals surface area (Å²) in [6.45, 7) is 4.08. The Balaban J connectivity index is 1.67. The number of carbonyl (C=O) groups is 3. The molecule has 2 heterocycles. The van der Waals surface area contributed by atoms with Crippen molar-refractivity contribution in [3.8, 4) is 10.4 Å². The van der Waals surface area contributed by atoms with Gasteiger partial charge in [0.2, 0.25) is 10.0 Å². The monoisotopic (exact) mass is 592 g/mol. The van der Waals surface area contributed by atoms with Gasteiger partial charge in [0.05, 0.1) is 26.0 Å². The van der Waals surface area contributed by atoms with E-state index in [0.29, 0.717) is 38.1 Å². The molecule has 1 saturated carbocycles. The predicted octanol–water partition coefficient (Wildman–Crippen LogP) is 2.43. The molecule has 2 aliphatic rings. The smallest absolute Gasteiger partial charge is 0.406 e. The van der Waals surface area contributed by atoms with Gasteiger partial charge < -0.3 is 25.0 Å². The number of methoxy groups -OCH3 is 1. The summed E-state index contributed by atoms with van der Waals surface area (Å²) in [4.78, 5) is 41.7. The average Bonchev–Trinajstić information content (AvgIpc) is 3.68. The Labute approximate surface area is 238 Å². The molecule has 218 valence electrons. The van der Waals surface area contributed by atoms with Crippen molar-refractivity contribution in [1.82, 2.24) is 20.3 Å². The maximum Gasteiger partial charge on any atom is 0.406 e. The average molecular weight is 593 g/mol. The van der Waals surface area contributed by atoms with E-state index >= 15 is 0 Å². The maximum atomic E-state index is 13.5. The molecule has 2 aromatic rings. The predicted molar refractivity (Wildman–Crippen MR) is 152 cm³/mol. The normalized spacial score (nSPS) is 18.0. The van der Waals surface area contributed by atoms with Crippen LogP contribution in [0.2, 0.25) is 0 Å². The molecule has 1 aliphatic carbocycles. The first-order valence-electron chi connectivity index (χ1n) is 13.3. The first-order chi connectivity index (χ1) is 19.1. The van der Waals surface area contributed by atoms with Crippen molar-refractivity contribution < 1.29 is 32.3 Å². The van der Waals surface area contributed by atoms with E-state index in [1.165, 1.54) is 18.4 Å². The molecule has 3 amide bonds. The molecule has 1 aliphatic heterocycles. The van der Waals surface area contributed by atoms with Gasteiger partial charge in [-0.25, -0.2) is 17.9 Å². The largest absolute Gasteiger partial charge is 0.453 e. The van der Waals surface area contributed by atoms with Gasteiger partial charge in [0, 0.05) is 46.6 Å². The van der Waals surface area contributed by atoms with Crippen LogP contribution in [0.4, 0.5) is 4.79 Å². The van der Waals surface area contributed by atoms with Crippen LogP contribution in [0.3, 0.4) is 0 Å². The molecule has 4 rings (SSSR count). The van der Waals surface area contributed by atoms with Gasteiger partial charge in [-0.3, -0.25) is 9.59 Å². The summed E-state index contributed by atoms with van der Waals surface area (Å²) in [5.41, 5.74) is 1.78. The van der Waals surface area contributed by atoms with Crippen molar-refractivity contribution in [1.29, 1.82) is 0 Å². The molecule has 11 nitrogen and oxygen atoms in total. The Bertz CT molecular complexity index is 1330. The summed E-state index contributed by atoms with van der Waals surface area (Å²) in [6.07, 6.45) is 2.97. The van der Waals surface area contributed by atoms with E-state index in [9.17, 15) is 22.8 Å². The number of hydrogen-bond acceptors (Lipinski definition) is 9. The molecule has 13 heteroatoms. The lowest BCUT2D eigenvalue weighted by atomic mass is 10.00. The quantitative estimate of drug-likeness (QED) is 0.338. The molecule has 0 radical (unpaired) electrons. The van der Waals surface area contributed by atoms with Crippen molar-refractivity contribution in [3.63, 3.8) is 0 Å². The summed E-state index contributed by atoms with van der Waals surface area (Å²) < 4.78 is 36.1. The second-order valence-corrected chi connectivity index (χ2v) is 12.8. The zero-order chi connectivity index (χ0) is 28.9.